The van der Waals surface area contributed by atoms with Crippen LogP contribution in [0.4, 0.5) is 11.4 Å². The molecule has 28 heavy (non-hydrogen) atoms. The summed E-state index contributed by atoms with van der Waals surface area (Å²) in [6.45, 7) is 4.85. The van der Waals surface area contributed by atoms with Gasteiger partial charge in [0.1, 0.15) is 0 Å². The summed E-state index contributed by atoms with van der Waals surface area (Å²) in [6.07, 6.45) is 3.80. The molecule has 0 bridgehead atoms. The summed E-state index contributed by atoms with van der Waals surface area (Å²) < 4.78 is 0. The van der Waals surface area contributed by atoms with E-state index in [1.54, 1.807) is 24.3 Å². The number of benzene rings is 2. The molecule has 1 aliphatic heterocycles. The third kappa shape index (κ3) is 4.90. The number of hydrogen-bond donors (Lipinski definition) is 1. The zero-order chi connectivity index (χ0) is 19.9. The highest BCUT2D eigenvalue weighted by molar-refractivity contribution is 5.94. The lowest BCUT2D eigenvalue weighted by Gasteiger charge is -2.32. The van der Waals surface area contributed by atoms with Crippen molar-refractivity contribution in [1.29, 1.82) is 5.26 Å². The minimum Gasteiger partial charge on any atom is -0.371 e. The number of carbonyl (C=O) groups is 1. The van der Waals surface area contributed by atoms with E-state index in [1.807, 2.05) is 14.0 Å². The Hall–Kier alpha value is -2.84. The van der Waals surface area contributed by atoms with Gasteiger partial charge in [-0.25, -0.2) is 0 Å². The molecular formula is C23H28N4O. The number of carbonyl (C=O) groups excluding carboxylic acids is 1. The monoisotopic (exact) mass is 376 g/mol. The molecule has 146 valence electrons. The van der Waals surface area contributed by atoms with Crippen LogP contribution in [0.15, 0.2) is 48.5 Å². The SMILES string of the molecule is C[C@@H](C(=O)Nc1ccc(C#N)cc1)N(C)Cc1ccccc1N1CCCCC1. The molecule has 0 spiro atoms. The molecule has 1 N–H and O–H groups in total. The van der Waals surface area contributed by atoms with Crippen LogP contribution >= 0.6 is 0 Å². The molecule has 0 saturated carbocycles. The Balaban J connectivity index is 1.64. The Morgan fingerprint density at radius 3 is 2.50 bits per heavy atom. The summed E-state index contributed by atoms with van der Waals surface area (Å²) in [6, 6.07) is 17.3. The van der Waals surface area contributed by atoms with Crippen molar-refractivity contribution in [1.82, 2.24) is 4.90 Å². The van der Waals surface area contributed by atoms with Gasteiger partial charge in [-0.15, -0.1) is 0 Å². The number of nitrogens with zero attached hydrogens (tertiary/aromatic N) is 3. The number of rotatable bonds is 6. The Morgan fingerprint density at radius 1 is 1.14 bits per heavy atom. The topological polar surface area (TPSA) is 59.4 Å². The van der Waals surface area contributed by atoms with Crippen LogP contribution in [-0.4, -0.2) is 37.0 Å². The van der Waals surface area contributed by atoms with E-state index in [-0.39, 0.29) is 11.9 Å². The fourth-order valence-electron chi connectivity index (χ4n) is 3.57. The number of anilines is 2. The van der Waals surface area contributed by atoms with Gasteiger partial charge in [0, 0.05) is 31.0 Å². The number of piperidine rings is 1. The molecular weight excluding hydrogens is 348 g/mol. The second-order valence-electron chi connectivity index (χ2n) is 7.45. The molecule has 3 rings (SSSR count). The molecule has 5 nitrogen and oxygen atoms in total. The van der Waals surface area contributed by atoms with Gasteiger partial charge in [-0.05, 0) is 69.1 Å². The maximum Gasteiger partial charge on any atom is 0.241 e. The van der Waals surface area contributed by atoms with Gasteiger partial charge in [0.05, 0.1) is 17.7 Å². The molecule has 2 aromatic rings. The highest BCUT2D eigenvalue weighted by atomic mass is 16.2. The zero-order valence-corrected chi connectivity index (χ0v) is 16.7. The largest absolute Gasteiger partial charge is 0.371 e. The van der Waals surface area contributed by atoms with E-state index in [2.05, 4.69) is 45.5 Å². The highest BCUT2D eigenvalue weighted by Gasteiger charge is 2.21. The van der Waals surface area contributed by atoms with Crippen molar-refractivity contribution < 1.29 is 4.79 Å². The van der Waals surface area contributed by atoms with Crippen molar-refractivity contribution in [2.75, 3.05) is 30.4 Å². The summed E-state index contributed by atoms with van der Waals surface area (Å²) >= 11 is 0. The molecule has 1 atom stereocenters. The molecule has 0 radical (unpaired) electrons. The molecule has 1 saturated heterocycles. The Kier molecular flexibility index (Phi) is 6.67. The number of amides is 1. The molecule has 0 aliphatic carbocycles. The predicted octanol–water partition coefficient (Wildman–Crippen LogP) is 4.01. The van der Waals surface area contributed by atoms with E-state index >= 15 is 0 Å². The van der Waals surface area contributed by atoms with Crippen LogP contribution in [-0.2, 0) is 11.3 Å². The summed E-state index contributed by atoms with van der Waals surface area (Å²) in [7, 11) is 1.98. The van der Waals surface area contributed by atoms with E-state index in [0.29, 0.717) is 17.8 Å². The lowest BCUT2D eigenvalue weighted by Crippen LogP contribution is -2.39. The van der Waals surface area contributed by atoms with Crippen molar-refractivity contribution >= 4 is 17.3 Å². The lowest BCUT2D eigenvalue weighted by molar-refractivity contribution is -0.120. The third-order valence-electron chi connectivity index (χ3n) is 5.43. The first-order chi connectivity index (χ1) is 13.6. The smallest absolute Gasteiger partial charge is 0.241 e. The maximum atomic E-state index is 12.7. The van der Waals surface area contributed by atoms with Gasteiger partial charge in [0.2, 0.25) is 5.91 Å². The fourth-order valence-corrected chi connectivity index (χ4v) is 3.57. The van der Waals surface area contributed by atoms with Gasteiger partial charge < -0.3 is 10.2 Å². The standard InChI is InChI=1S/C23H28N4O/c1-18(23(28)25-21-12-10-19(16-24)11-13-21)26(2)17-20-8-4-5-9-22(20)27-14-6-3-7-15-27/h4-5,8-13,18H,3,6-7,14-15,17H2,1-2H3,(H,25,28)/t18-/m0/s1. The molecule has 0 unspecified atom stereocenters. The van der Waals surface area contributed by atoms with E-state index < -0.39 is 0 Å². The third-order valence-corrected chi connectivity index (χ3v) is 5.43. The van der Waals surface area contributed by atoms with Crippen molar-refractivity contribution in [3.63, 3.8) is 0 Å². The van der Waals surface area contributed by atoms with Gasteiger partial charge in [-0.1, -0.05) is 18.2 Å². The van der Waals surface area contributed by atoms with Crippen molar-refractivity contribution in [3.05, 3.63) is 59.7 Å². The fraction of sp³-hybridized carbons (Fsp3) is 0.391. The molecule has 1 heterocycles. The summed E-state index contributed by atoms with van der Waals surface area (Å²) in [5.74, 6) is -0.0531. The van der Waals surface area contributed by atoms with E-state index in [4.69, 9.17) is 5.26 Å². The average Bonchev–Trinajstić information content (AvgIpc) is 2.74. The summed E-state index contributed by atoms with van der Waals surface area (Å²) in [5, 5.41) is 11.8. The number of hydrogen-bond acceptors (Lipinski definition) is 4. The maximum absolute atomic E-state index is 12.7. The van der Waals surface area contributed by atoms with Gasteiger partial charge in [0.25, 0.3) is 0 Å². The van der Waals surface area contributed by atoms with Crippen molar-refractivity contribution in [3.8, 4) is 6.07 Å². The Labute approximate surface area is 167 Å². The second-order valence-corrected chi connectivity index (χ2v) is 7.45. The van der Waals surface area contributed by atoms with E-state index in [9.17, 15) is 4.79 Å². The quantitative estimate of drug-likeness (QED) is 0.828. The number of para-hydroxylation sites is 1. The predicted molar refractivity (Wildman–Crippen MR) is 113 cm³/mol. The molecule has 5 heteroatoms. The molecule has 1 aliphatic rings. The van der Waals surface area contributed by atoms with Crippen LogP contribution in [0.3, 0.4) is 0 Å². The van der Waals surface area contributed by atoms with Crippen LogP contribution in [0.5, 0.6) is 0 Å². The van der Waals surface area contributed by atoms with Crippen LogP contribution in [0.1, 0.15) is 37.3 Å². The second kappa shape index (κ2) is 9.38. The Morgan fingerprint density at radius 2 is 1.82 bits per heavy atom. The molecule has 0 aromatic heterocycles. The number of nitrogens with one attached hydrogen (secondary N) is 1. The summed E-state index contributed by atoms with van der Waals surface area (Å²) in [4.78, 5) is 17.2. The molecule has 1 fully saturated rings. The van der Waals surface area contributed by atoms with Crippen LogP contribution < -0.4 is 10.2 Å². The minimum absolute atomic E-state index is 0.0531. The molecule has 2 aromatic carbocycles. The van der Waals surface area contributed by atoms with E-state index in [1.165, 1.54) is 30.5 Å². The summed E-state index contributed by atoms with van der Waals surface area (Å²) in [5.41, 5.74) is 3.83. The van der Waals surface area contributed by atoms with Crippen molar-refractivity contribution in [2.45, 2.75) is 38.8 Å². The van der Waals surface area contributed by atoms with Crippen LogP contribution in [0, 0.1) is 11.3 Å². The van der Waals surface area contributed by atoms with Gasteiger partial charge >= 0.3 is 0 Å². The highest BCUT2D eigenvalue weighted by Crippen LogP contribution is 2.25. The van der Waals surface area contributed by atoms with Gasteiger partial charge in [-0.3, -0.25) is 9.69 Å². The average molecular weight is 377 g/mol. The first kappa shape index (κ1) is 19.9. The minimum atomic E-state index is -0.273. The van der Waals surface area contributed by atoms with Gasteiger partial charge in [0.15, 0.2) is 0 Å². The Bertz CT molecular complexity index is 834. The van der Waals surface area contributed by atoms with Crippen LogP contribution in [0.25, 0.3) is 0 Å². The number of likely N-dealkylation sites (N-methyl/N-ethyl adjacent to an activating group) is 1. The lowest BCUT2D eigenvalue weighted by atomic mass is 10.1. The first-order valence-electron chi connectivity index (χ1n) is 9.92. The van der Waals surface area contributed by atoms with Crippen molar-refractivity contribution in [2.24, 2.45) is 0 Å². The normalized spacial score (nSPS) is 15.1. The number of nitriles is 1. The van der Waals surface area contributed by atoms with Gasteiger partial charge in [-0.2, -0.15) is 5.26 Å². The molecule has 1 amide bonds. The van der Waals surface area contributed by atoms with Crippen LogP contribution in [0.2, 0.25) is 0 Å². The first-order valence-corrected chi connectivity index (χ1v) is 9.92. The zero-order valence-electron chi connectivity index (χ0n) is 16.7. The van der Waals surface area contributed by atoms with E-state index in [0.717, 1.165) is 13.1 Å².